The molecule has 0 atom stereocenters. The van der Waals surface area contributed by atoms with Crippen LogP contribution in [0.25, 0.3) is 10.2 Å². The monoisotopic (exact) mass is 368 g/mol. The van der Waals surface area contributed by atoms with E-state index < -0.39 is 0 Å². The van der Waals surface area contributed by atoms with Crippen molar-refractivity contribution in [2.45, 2.75) is 10.9 Å². The Hall–Kier alpha value is -1.08. The number of hydrogen-bond acceptors (Lipinski definition) is 5. The minimum absolute atomic E-state index is 0.105. The number of benzene rings is 1. The molecule has 1 amide bonds. The average molecular weight is 369 g/mol. The highest BCUT2D eigenvalue weighted by atomic mass is 35.5. The van der Waals surface area contributed by atoms with Crippen molar-refractivity contribution in [3.8, 4) is 0 Å². The van der Waals surface area contributed by atoms with Crippen LogP contribution in [0, 0.1) is 0 Å². The molecule has 7 heteroatoms. The van der Waals surface area contributed by atoms with Crippen LogP contribution in [0.4, 0.5) is 0 Å². The van der Waals surface area contributed by atoms with E-state index >= 15 is 0 Å². The molecule has 2 heterocycles. The Kier molecular flexibility index (Phi) is 5.03. The van der Waals surface area contributed by atoms with Crippen molar-refractivity contribution in [2.24, 2.45) is 0 Å². The van der Waals surface area contributed by atoms with Gasteiger partial charge < -0.3 is 4.90 Å². The third-order valence-electron chi connectivity index (χ3n) is 3.07. The summed E-state index contributed by atoms with van der Waals surface area (Å²) in [6, 6.07) is 7.71. The summed E-state index contributed by atoms with van der Waals surface area (Å²) < 4.78 is 1.99. The van der Waals surface area contributed by atoms with E-state index in [0.29, 0.717) is 17.3 Å². The van der Waals surface area contributed by atoms with E-state index in [0.717, 1.165) is 14.6 Å². The molecule has 3 rings (SSSR count). The maximum Gasteiger partial charge on any atom is 0.233 e. The zero-order valence-electron chi connectivity index (χ0n) is 11.8. The Labute approximate surface area is 145 Å². The first kappa shape index (κ1) is 15.8. The first-order valence-corrected chi connectivity index (χ1v) is 9.68. The van der Waals surface area contributed by atoms with E-state index in [1.165, 1.54) is 17.3 Å². The van der Waals surface area contributed by atoms with Crippen LogP contribution in [0.1, 0.15) is 5.56 Å². The smallest absolute Gasteiger partial charge is 0.233 e. The summed E-state index contributed by atoms with van der Waals surface area (Å²) in [6.07, 6.45) is 0. The van der Waals surface area contributed by atoms with Crippen molar-refractivity contribution in [3.63, 3.8) is 0 Å². The van der Waals surface area contributed by atoms with Crippen molar-refractivity contribution in [2.75, 3.05) is 12.8 Å². The summed E-state index contributed by atoms with van der Waals surface area (Å²) in [6.45, 7) is 0.651. The molecular formula is C15H13ClN2OS3. The van der Waals surface area contributed by atoms with Crippen molar-refractivity contribution in [3.05, 3.63) is 45.6 Å². The maximum absolute atomic E-state index is 12.2. The van der Waals surface area contributed by atoms with Gasteiger partial charge >= 0.3 is 0 Å². The normalized spacial score (nSPS) is 11.0. The van der Waals surface area contributed by atoms with Gasteiger partial charge in [0.05, 0.1) is 16.0 Å². The number of aromatic nitrogens is 1. The molecule has 0 aliphatic carbocycles. The number of hydrogen-bond donors (Lipinski definition) is 0. The number of thiazole rings is 1. The Morgan fingerprint density at radius 1 is 1.41 bits per heavy atom. The van der Waals surface area contributed by atoms with E-state index in [-0.39, 0.29) is 5.91 Å². The third-order valence-corrected chi connectivity index (χ3v) is 6.21. The van der Waals surface area contributed by atoms with E-state index in [9.17, 15) is 4.79 Å². The van der Waals surface area contributed by atoms with Crippen LogP contribution < -0.4 is 0 Å². The fourth-order valence-corrected chi connectivity index (χ4v) is 4.74. The van der Waals surface area contributed by atoms with Gasteiger partial charge in [-0.15, -0.1) is 11.3 Å². The second kappa shape index (κ2) is 7.00. The number of thioether (sulfide) groups is 1. The van der Waals surface area contributed by atoms with Crippen LogP contribution in [0.2, 0.25) is 5.02 Å². The lowest BCUT2D eigenvalue weighted by molar-refractivity contribution is -0.127. The Balaban J connectivity index is 1.59. The molecule has 0 unspecified atom stereocenters. The van der Waals surface area contributed by atoms with Gasteiger partial charge in [0.25, 0.3) is 0 Å². The molecule has 22 heavy (non-hydrogen) atoms. The number of carbonyl (C=O) groups excluding carboxylic acids is 1. The lowest BCUT2D eigenvalue weighted by Crippen LogP contribution is -2.27. The van der Waals surface area contributed by atoms with E-state index in [2.05, 4.69) is 10.4 Å². The van der Waals surface area contributed by atoms with Gasteiger partial charge in [-0.1, -0.05) is 23.4 Å². The minimum Gasteiger partial charge on any atom is -0.341 e. The van der Waals surface area contributed by atoms with Crippen LogP contribution in [0.3, 0.4) is 0 Å². The number of nitrogens with zero attached hydrogens (tertiary/aromatic N) is 2. The Bertz CT molecular complexity index is 785. The molecule has 0 fully saturated rings. The van der Waals surface area contributed by atoms with Crippen molar-refractivity contribution in [1.29, 1.82) is 0 Å². The summed E-state index contributed by atoms with van der Waals surface area (Å²) in [5.41, 5.74) is 2.06. The lowest BCUT2D eigenvalue weighted by Gasteiger charge is -2.15. The number of thiophene rings is 1. The van der Waals surface area contributed by atoms with Crippen LogP contribution in [0.15, 0.2) is 39.4 Å². The molecular weight excluding hydrogens is 356 g/mol. The van der Waals surface area contributed by atoms with Crippen molar-refractivity contribution >= 4 is 62.2 Å². The topological polar surface area (TPSA) is 33.2 Å². The predicted molar refractivity (Wildman–Crippen MR) is 96.1 cm³/mol. The summed E-state index contributed by atoms with van der Waals surface area (Å²) in [5.74, 6) is 0.502. The van der Waals surface area contributed by atoms with E-state index in [4.69, 9.17) is 11.6 Å². The molecule has 1 aromatic carbocycles. The molecule has 2 aromatic heterocycles. The summed E-state index contributed by atoms with van der Waals surface area (Å²) in [7, 11) is 1.83. The molecule has 3 nitrogen and oxygen atoms in total. The van der Waals surface area contributed by atoms with E-state index in [1.54, 1.807) is 27.6 Å². The number of amides is 1. The molecule has 0 saturated carbocycles. The lowest BCUT2D eigenvalue weighted by atomic mass is 10.3. The highest BCUT2D eigenvalue weighted by Crippen LogP contribution is 2.31. The molecule has 0 aliphatic heterocycles. The number of halogens is 1. The predicted octanol–water partition coefficient (Wildman–Crippen LogP) is 4.76. The Morgan fingerprint density at radius 3 is 3.05 bits per heavy atom. The molecule has 0 saturated heterocycles. The zero-order chi connectivity index (χ0) is 15.5. The van der Waals surface area contributed by atoms with Crippen molar-refractivity contribution < 1.29 is 4.79 Å². The molecule has 0 radical (unpaired) electrons. The van der Waals surface area contributed by atoms with Gasteiger partial charge in [0.2, 0.25) is 5.91 Å². The molecule has 3 aromatic rings. The summed E-state index contributed by atoms with van der Waals surface area (Å²) in [5, 5.41) is 4.77. The third kappa shape index (κ3) is 3.81. The van der Waals surface area contributed by atoms with E-state index in [1.807, 2.05) is 36.7 Å². The fourth-order valence-electron chi connectivity index (χ4n) is 1.92. The minimum atomic E-state index is 0.105. The molecule has 0 bridgehead atoms. The van der Waals surface area contributed by atoms with Gasteiger partial charge in [0, 0.05) is 18.6 Å². The van der Waals surface area contributed by atoms with Gasteiger partial charge in [-0.3, -0.25) is 4.79 Å². The number of carbonyl (C=O) groups is 1. The molecule has 0 N–H and O–H groups in total. The van der Waals surface area contributed by atoms with Gasteiger partial charge in [0.1, 0.15) is 0 Å². The second-order valence-corrected chi connectivity index (χ2v) is 8.23. The fraction of sp³-hybridized carbons (Fsp3) is 0.200. The zero-order valence-corrected chi connectivity index (χ0v) is 15.0. The molecule has 114 valence electrons. The van der Waals surface area contributed by atoms with Crippen LogP contribution in [-0.2, 0) is 11.3 Å². The van der Waals surface area contributed by atoms with Gasteiger partial charge in [-0.25, -0.2) is 4.98 Å². The quantitative estimate of drug-likeness (QED) is 0.608. The summed E-state index contributed by atoms with van der Waals surface area (Å²) in [4.78, 5) is 18.4. The maximum atomic E-state index is 12.2. The largest absolute Gasteiger partial charge is 0.341 e. The average Bonchev–Trinajstić information content (AvgIpc) is 3.13. The van der Waals surface area contributed by atoms with Gasteiger partial charge in [-0.2, -0.15) is 11.3 Å². The SMILES string of the molecule is CN(Cc1ccsc1)C(=O)CSc1nc2cc(Cl)ccc2s1. The highest BCUT2D eigenvalue weighted by Gasteiger charge is 2.12. The van der Waals surface area contributed by atoms with Crippen LogP contribution >= 0.6 is 46.0 Å². The first-order chi connectivity index (χ1) is 10.6. The number of rotatable bonds is 5. The van der Waals surface area contributed by atoms with Crippen molar-refractivity contribution in [1.82, 2.24) is 9.88 Å². The molecule has 0 spiro atoms. The standard InChI is InChI=1S/C15H13ClN2OS3/c1-18(7-10-4-5-20-8-10)14(19)9-21-15-17-12-6-11(16)2-3-13(12)22-15/h2-6,8H,7,9H2,1H3. The molecule has 0 aliphatic rings. The van der Waals surface area contributed by atoms with Gasteiger partial charge in [-0.05, 0) is 40.6 Å². The number of fused-ring (bicyclic) bond motifs is 1. The van der Waals surface area contributed by atoms with Crippen LogP contribution in [-0.4, -0.2) is 28.6 Å². The summed E-state index contributed by atoms with van der Waals surface area (Å²) >= 11 is 10.7. The Morgan fingerprint density at radius 2 is 2.27 bits per heavy atom. The first-order valence-electron chi connectivity index (χ1n) is 6.56. The van der Waals surface area contributed by atoms with Gasteiger partial charge in [0.15, 0.2) is 4.34 Å². The highest BCUT2D eigenvalue weighted by molar-refractivity contribution is 8.01. The second-order valence-electron chi connectivity index (χ2n) is 4.76. The van der Waals surface area contributed by atoms with Crippen LogP contribution in [0.5, 0.6) is 0 Å².